The fourth-order valence-electron chi connectivity index (χ4n) is 2.61. The third-order valence-corrected chi connectivity index (χ3v) is 3.50. The number of ether oxygens (including phenoxy) is 1. The van der Waals surface area contributed by atoms with Crippen molar-refractivity contribution in [1.29, 1.82) is 0 Å². The average molecular weight is 219 g/mol. The quantitative estimate of drug-likeness (QED) is 0.727. The van der Waals surface area contributed by atoms with Crippen molar-refractivity contribution in [3.63, 3.8) is 0 Å². The summed E-state index contributed by atoms with van der Waals surface area (Å²) in [6.07, 6.45) is 0.878. The second kappa shape index (κ2) is 3.49. The van der Waals surface area contributed by atoms with Gasteiger partial charge in [0.15, 0.2) is 0 Å². The number of hydrogen-bond acceptors (Lipinski definition) is 2. The van der Waals surface area contributed by atoms with Gasteiger partial charge in [0.2, 0.25) is 0 Å². The predicted octanol–water partition coefficient (Wildman–Crippen LogP) is 3.17. The summed E-state index contributed by atoms with van der Waals surface area (Å²) < 4.78 is 6.10. The van der Waals surface area contributed by atoms with Crippen LogP contribution in [0.25, 0.3) is 0 Å². The number of nitrogens with two attached hydrogens (primary N) is 1. The molecule has 1 heterocycles. The Morgan fingerprint density at radius 1 is 1.25 bits per heavy atom. The number of fused-ring (bicyclic) bond motifs is 1. The van der Waals surface area contributed by atoms with Crippen molar-refractivity contribution in [2.75, 3.05) is 0 Å². The van der Waals surface area contributed by atoms with Gasteiger partial charge in [0.1, 0.15) is 11.4 Å². The van der Waals surface area contributed by atoms with Crippen LogP contribution in [0.2, 0.25) is 0 Å². The van der Waals surface area contributed by atoms with E-state index < -0.39 is 0 Å². The van der Waals surface area contributed by atoms with Gasteiger partial charge < -0.3 is 10.5 Å². The molecule has 1 aliphatic rings. The Morgan fingerprint density at radius 3 is 2.50 bits per heavy atom. The van der Waals surface area contributed by atoms with Gasteiger partial charge >= 0.3 is 0 Å². The lowest BCUT2D eigenvalue weighted by Gasteiger charge is -2.38. The Morgan fingerprint density at radius 2 is 1.88 bits per heavy atom. The molecule has 0 spiro atoms. The van der Waals surface area contributed by atoms with E-state index in [1.165, 1.54) is 22.3 Å². The summed E-state index contributed by atoms with van der Waals surface area (Å²) in [6, 6.07) is 2.30. The molecule has 88 valence electrons. The summed E-state index contributed by atoms with van der Waals surface area (Å²) in [6.45, 7) is 10.6. The van der Waals surface area contributed by atoms with Crippen LogP contribution in [-0.4, -0.2) is 5.60 Å². The molecule has 0 aromatic heterocycles. The van der Waals surface area contributed by atoms with Crippen molar-refractivity contribution in [2.45, 2.75) is 52.7 Å². The van der Waals surface area contributed by atoms with Crippen molar-refractivity contribution in [1.82, 2.24) is 0 Å². The van der Waals surface area contributed by atoms with E-state index in [1.807, 2.05) is 0 Å². The summed E-state index contributed by atoms with van der Waals surface area (Å²) in [5.74, 6) is 1.02. The van der Waals surface area contributed by atoms with Gasteiger partial charge in [0, 0.05) is 18.0 Å². The van der Waals surface area contributed by atoms with Crippen LogP contribution in [-0.2, 0) is 0 Å². The minimum atomic E-state index is -0.155. The zero-order valence-corrected chi connectivity index (χ0v) is 10.8. The monoisotopic (exact) mass is 219 g/mol. The smallest absolute Gasteiger partial charge is 0.128 e. The third-order valence-electron chi connectivity index (χ3n) is 3.50. The van der Waals surface area contributed by atoms with Crippen LogP contribution in [0, 0.1) is 20.8 Å². The Bertz CT molecular complexity index is 435. The van der Waals surface area contributed by atoms with Crippen LogP contribution in [0.5, 0.6) is 5.75 Å². The van der Waals surface area contributed by atoms with E-state index in [0.29, 0.717) is 0 Å². The molecule has 0 amide bonds. The highest BCUT2D eigenvalue weighted by atomic mass is 16.5. The number of benzene rings is 1. The maximum absolute atomic E-state index is 6.26. The third kappa shape index (κ3) is 1.71. The van der Waals surface area contributed by atoms with Crippen LogP contribution in [0.1, 0.15) is 48.6 Å². The molecule has 1 aromatic carbocycles. The first-order valence-electron chi connectivity index (χ1n) is 5.87. The standard InChI is InChI=1S/C14H21NO/c1-8-6-9(2)12-11(15)7-14(4,5)16-13(12)10(8)3/h6,11H,7,15H2,1-5H3. The van der Waals surface area contributed by atoms with Gasteiger partial charge in [0.05, 0.1) is 0 Å². The highest BCUT2D eigenvalue weighted by molar-refractivity contribution is 5.52. The van der Waals surface area contributed by atoms with Gasteiger partial charge in [-0.25, -0.2) is 0 Å². The molecule has 1 atom stereocenters. The molecule has 16 heavy (non-hydrogen) atoms. The zero-order valence-electron chi connectivity index (χ0n) is 10.8. The lowest BCUT2D eigenvalue weighted by Crippen LogP contribution is -2.38. The lowest BCUT2D eigenvalue weighted by atomic mass is 9.85. The predicted molar refractivity (Wildman–Crippen MR) is 66.9 cm³/mol. The Hall–Kier alpha value is -1.02. The topological polar surface area (TPSA) is 35.2 Å². The Kier molecular flexibility index (Phi) is 2.50. The molecule has 2 N–H and O–H groups in total. The van der Waals surface area contributed by atoms with E-state index >= 15 is 0 Å². The Labute approximate surface area is 97.8 Å². The molecule has 1 unspecified atom stereocenters. The lowest BCUT2D eigenvalue weighted by molar-refractivity contribution is 0.0716. The summed E-state index contributed by atoms with van der Waals surface area (Å²) >= 11 is 0. The fraction of sp³-hybridized carbons (Fsp3) is 0.571. The maximum atomic E-state index is 6.26. The van der Waals surface area contributed by atoms with E-state index in [1.54, 1.807) is 0 Å². The van der Waals surface area contributed by atoms with Gasteiger partial charge in [0.25, 0.3) is 0 Å². The van der Waals surface area contributed by atoms with Gasteiger partial charge in [-0.1, -0.05) is 6.07 Å². The number of aryl methyl sites for hydroxylation is 2. The Balaban J connectivity index is 2.65. The SMILES string of the molecule is Cc1cc(C)c2c(c1C)OC(C)(C)CC2N. The first-order valence-corrected chi connectivity index (χ1v) is 5.87. The van der Waals surface area contributed by atoms with E-state index in [4.69, 9.17) is 10.5 Å². The molecule has 1 aromatic rings. The minimum absolute atomic E-state index is 0.0954. The highest BCUT2D eigenvalue weighted by Crippen LogP contribution is 2.42. The van der Waals surface area contributed by atoms with E-state index in [0.717, 1.165) is 12.2 Å². The molecule has 2 rings (SSSR count). The molecule has 2 heteroatoms. The van der Waals surface area contributed by atoms with Crippen molar-refractivity contribution >= 4 is 0 Å². The van der Waals surface area contributed by atoms with Gasteiger partial charge in [-0.2, -0.15) is 0 Å². The van der Waals surface area contributed by atoms with Crippen molar-refractivity contribution in [3.8, 4) is 5.75 Å². The molecule has 2 nitrogen and oxygen atoms in total. The summed E-state index contributed by atoms with van der Waals surface area (Å²) in [7, 11) is 0. The average Bonchev–Trinajstić information content (AvgIpc) is 2.11. The van der Waals surface area contributed by atoms with Crippen LogP contribution < -0.4 is 10.5 Å². The molecule has 0 fully saturated rings. The van der Waals surface area contributed by atoms with Gasteiger partial charge in [-0.3, -0.25) is 0 Å². The van der Waals surface area contributed by atoms with Crippen LogP contribution in [0.15, 0.2) is 6.07 Å². The second-order valence-corrected chi connectivity index (χ2v) is 5.55. The van der Waals surface area contributed by atoms with Crippen LogP contribution in [0.3, 0.4) is 0 Å². The first-order chi connectivity index (χ1) is 7.32. The zero-order chi connectivity index (χ0) is 12.1. The molecular weight excluding hydrogens is 198 g/mol. The summed E-state index contributed by atoms with van der Waals surface area (Å²) in [5.41, 5.74) is 11.1. The van der Waals surface area contributed by atoms with Gasteiger partial charge in [-0.15, -0.1) is 0 Å². The van der Waals surface area contributed by atoms with Gasteiger partial charge in [-0.05, 0) is 51.3 Å². The van der Waals surface area contributed by atoms with Crippen LogP contribution in [0.4, 0.5) is 0 Å². The molecule has 0 bridgehead atoms. The number of rotatable bonds is 0. The normalized spacial score (nSPS) is 22.5. The van der Waals surface area contributed by atoms with E-state index in [-0.39, 0.29) is 11.6 Å². The van der Waals surface area contributed by atoms with E-state index in [2.05, 4.69) is 40.7 Å². The van der Waals surface area contributed by atoms with Crippen molar-refractivity contribution in [2.24, 2.45) is 5.73 Å². The highest BCUT2D eigenvalue weighted by Gasteiger charge is 2.34. The van der Waals surface area contributed by atoms with Crippen LogP contribution >= 0.6 is 0 Å². The molecular formula is C14H21NO. The van der Waals surface area contributed by atoms with E-state index in [9.17, 15) is 0 Å². The van der Waals surface area contributed by atoms with Crippen molar-refractivity contribution < 1.29 is 4.74 Å². The first kappa shape index (κ1) is 11.5. The fourth-order valence-corrected chi connectivity index (χ4v) is 2.61. The molecule has 0 aliphatic carbocycles. The second-order valence-electron chi connectivity index (χ2n) is 5.55. The summed E-state index contributed by atoms with van der Waals surface area (Å²) in [4.78, 5) is 0. The summed E-state index contributed by atoms with van der Waals surface area (Å²) in [5, 5.41) is 0. The minimum Gasteiger partial charge on any atom is -0.487 e. The van der Waals surface area contributed by atoms with Crippen molar-refractivity contribution in [3.05, 3.63) is 28.3 Å². The molecule has 0 saturated carbocycles. The molecule has 0 radical (unpaired) electrons. The molecule has 0 saturated heterocycles. The largest absolute Gasteiger partial charge is 0.487 e. The molecule has 1 aliphatic heterocycles. The maximum Gasteiger partial charge on any atom is 0.128 e. The number of hydrogen-bond donors (Lipinski definition) is 1.